The highest BCUT2D eigenvalue weighted by molar-refractivity contribution is 9.10. The third kappa shape index (κ3) is 3.21. The fourth-order valence-corrected chi connectivity index (χ4v) is 1.80. The minimum atomic E-state index is -1.04. The second-order valence-corrected chi connectivity index (χ2v) is 3.86. The van der Waals surface area contributed by atoms with Gasteiger partial charge < -0.3 is 14.9 Å². The van der Waals surface area contributed by atoms with Gasteiger partial charge in [-0.25, -0.2) is 0 Å². The number of benzene rings is 1. The fraction of sp³-hybridized carbons (Fsp3) is 0.300. The van der Waals surface area contributed by atoms with Gasteiger partial charge in [0.2, 0.25) is 0 Å². The minimum Gasteiger partial charge on any atom is -0.497 e. The topological polar surface area (TPSA) is 66.8 Å². The van der Waals surface area contributed by atoms with Gasteiger partial charge in [0.05, 0.1) is 19.6 Å². The number of carboxylic acids is 1. The first-order chi connectivity index (χ1) is 7.04. The van der Waals surface area contributed by atoms with Gasteiger partial charge in [0, 0.05) is 4.47 Å². The van der Waals surface area contributed by atoms with Crippen molar-refractivity contribution >= 4 is 21.9 Å². The highest BCUT2D eigenvalue weighted by Gasteiger charge is 2.15. The molecule has 1 aromatic rings. The van der Waals surface area contributed by atoms with Crippen molar-refractivity contribution in [2.75, 3.05) is 7.11 Å². The number of hydrogen-bond donors (Lipinski definition) is 2. The summed E-state index contributed by atoms with van der Waals surface area (Å²) >= 11 is 3.25. The first-order valence-corrected chi connectivity index (χ1v) is 5.07. The van der Waals surface area contributed by atoms with Crippen LogP contribution in [0, 0.1) is 0 Å². The summed E-state index contributed by atoms with van der Waals surface area (Å²) < 4.78 is 5.62. The van der Waals surface area contributed by atoms with E-state index >= 15 is 0 Å². The zero-order chi connectivity index (χ0) is 11.4. The van der Waals surface area contributed by atoms with Crippen molar-refractivity contribution in [3.63, 3.8) is 0 Å². The Morgan fingerprint density at radius 1 is 1.60 bits per heavy atom. The van der Waals surface area contributed by atoms with Gasteiger partial charge in [-0.3, -0.25) is 4.79 Å². The van der Waals surface area contributed by atoms with Crippen LogP contribution in [0.15, 0.2) is 22.7 Å². The molecule has 0 aliphatic rings. The summed E-state index contributed by atoms with van der Waals surface area (Å²) in [5.74, 6) is -0.390. The summed E-state index contributed by atoms with van der Waals surface area (Å²) in [7, 11) is 1.54. The van der Waals surface area contributed by atoms with Crippen LogP contribution in [-0.2, 0) is 4.79 Å². The van der Waals surface area contributed by atoms with Crippen molar-refractivity contribution in [3.05, 3.63) is 28.2 Å². The van der Waals surface area contributed by atoms with Gasteiger partial charge in [-0.2, -0.15) is 0 Å². The molecule has 82 valence electrons. The van der Waals surface area contributed by atoms with E-state index in [1.54, 1.807) is 18.2 Å². The largest absolute Gasteiger partial charge is 0.497 e. The van der Waals surface area contributed by atoms with E-state index in [9.17, 15) is 9.90 Å². The molecule has 0 aliphatic heterocycles. The molecule has 1 aromatic carbocycles. The highest BCUT2D eigenvalue weighted by atomic mass is 79.9. The van der Waals surface area contributed by atoms with Gasteiger partial charge in [-0.1, -0.05) is 22.0 Å². The Balaban J connectivity index is 2.90. The van der Waals surface area contributed by atoms with E-state index < -0.39 is 12.1 Å². The minimum absolute atomic E-state index is 0.315. The number of carbonyl (C=O) groups is 1. The summed E-state index contributed by atoms with van der Waals surface area (Å²) in [6, 6.07) is 4.99. The van der Waals surface area contributed by atoms with E-state index in [0.29, 0.717) is 15.8 Å². The molecule has 0 bridgehead atoms. The molecular formula is C10H11BrO4. The molecule has 0 aromatic heterocycles. The van der Waals surface area contributed by atoms with Gasteiger partial charge >= 0.3 is 5.97 Å². The van der Waals surface area contributed by atoms with Crippen molar-refractivity contribution in [2.24, 2.45) is 0 Å². The van der Waals surface area contributed by atoms with Crippen LogP contribution in [-0.4, -0.2) is 23.3 Å². The molecule has 0 radical (unpaired) electrons. The smallest absolute Gasteiger partial charge is 0.306 e. The number of aliphatic carboxylic acids is 1. The first kappa shape index (κ1) is 12.0. The van der Waals surface area contributed by atoms with E-state index in [4.69, 9.17) is 9.84 Å². The number of aliphatic hydroxyl groups excluding tert-OH is 1. The molecule has 0 aliphatic carbocycles. The number of aliphatic hydroxyl groups is 1. The summed E-state index contributed by atoms with van der Waals surface area (Å²) in [4.78, 5) is 10.4. The molecule has 1 atom stereocenters. The third-order valence-electron chi connectivity index (χ3n) is 1.93. The van der Waals surface area contributed by atoms with Crippen molar-refractivity contribution < 1.29 is 19.7 Å². The van der Waals surface area contributed by atoms with Gasteiger partial charge in [0.15, 0.2) is 0 Å². The second-order valence-electron chi connectivity index (χ2n) is 3.00. The Kier molecular flexibility index (Phi) is 4.11. The van der Waals surface area contributed by atoms with Crippen LogP contribution in [0.1, 0.15) is 18.1 Å². The number of ether oxygens (including phenoxy) is 1. The maximum atomic E-state index is 10.4. The Labute approximate surface area is 95.6 Å². The van der Waals surface area contributed by atoms with Crippen molar-refractivity contribution in [1.82, 2.24) is 0 Å². The van der Waals surface area contributed by atoms with Crippen LogP contribution in [0.25, 0.3) is 0 Å². The Bertz CT molecular complexity index is 364. The van der Waals surface area contributed by atoms with E-state index in [2.05, 4.69) is 15.9 Å². The van der Waals surface area contributed by atoms with E-state index in [1.807, 2.05) is 0 Å². The molecule has 0 heterocycles. The fourth-order valence-electron chi connectivity index (χ4n) is 1.18. The normalized spacial score (nSPS) is 12.2. The average Bonchev–Trinajstić information content (AvgIpc) is 2.16. The summed E-state index contributed by atoms with van der Waals surface area (Å²) in [6.45, 7) is 0. The monoisotopic (exact) mass is 274 g/mol. The Morgan fingerprint density at radius 3 is 2.73 bits per heavy atom. The molecule has 0 saturated carbocycles. The molecule has 5 heteroatoms. The van der Waals surface area contributed by atoms with Crippen molar-refractivity contribution in [3.8, 4) is 5.75 Å². The lowest BCUT2D eigenvalue weighted by Crippen LogP contribution is -2.06. The van der Waals surface area contributed by atoms with Gasteiger partial charge in [0.1, 0.15) is 5.75 Å². The quantitative estimate of drug-likeness (QED) is 0.881. The zero-order valence-corrected chi connectivity index (χ0v) is 9.69. The molecule has 0 saturated heterocycles. The SMILES string of the molecule is COc1ccc([C@H](O)CC(=O)O)c(Br)c1. The first-order valence-electron chi connectivity index (χ1n) is 4.28. The Morgan fingerprint density at radius 2 is 2.27 bits per heavy atom. The van der Waals surface area contributed by atoms with Crippen molar-refractivity contribution in [1.29, 1.82) is 0 Å². The standard InChI is InChI=1S/C10H11BrO4/c1-15-6-2-3-7(8(11)4-6)9(12)5-10(13)14/h2-4,9,12H,5H2,1H3,(H,13,14)/t9-/m1/s1. The molecule has 2 N–H and O–H groups in total. The number of carboxylic acid groups (broad SMARTS) is 1. The number of rotatable bonds is 4. The predicted molar refractivity (Wildman–Crippen MR) is 57.9 cm³/mol. The lowest BCUT2D eigenvalue weighted by Gasteiger charge is -2.11. The molecule has 15 heavy (non-hydrogen) atoms. The molecule has 1 rings (SSSR count). The van der Waals surface area contributed by atoms with Crippen molar-refractivity contribution in [2.45, 2.75) is 12.5 Å². The van der Waals surface area contributed by atoms with E-state index in [0.717, 1.165) is 0 Å². The van der Waals surface area contributed by atoms with E-state index in [1.165, 1.54) is 7.11 Å². The van der Waals surface area contributed by atoms with Gasteiger partial charge in [-0.05, 0) is 17.7 Å². The average molecular weight is 275 g/mol. The maximum Gasteiger partial charge on any atom is 0.306 e. The Hall–Kier alpha value is -1.07. The molecule has 0 amide bonds. The molecular weight excluding hydrogens is 264 g/mol. The summed E-state index contributed by atoms with van der Waals surface area (Å²) in [6.07, 6.45) is -1.33. The van der Waals surface area contributed by atoms with Crippen LogP contribution >= 0.6 is 15.9 Å². The second kappa shape index (κ2) is 5.14. The number of hydrogen-bond acceptors (Lipinski definition) is 3. The van der Waals surface area contributed by atoms with Crippen LogP contribution in [0.2, 0.25) is 0 Å². The summed E-state index contributed by atoms with van der Waals surface area (Å²) in [5, 5.41) is 18.1. The van der Waals surface area contributed by atoms with E-state index in [-0.39, 0.29) is 6.42 Å². The number of methoxy groups -OCH3 is 1. The van der Waals surface area contributed by atoms with Gasteiger partial charge in [0.25, 0.3) is 0 Å². The molecule has 0 spiro atoms. The predicted octanol–water partition coefficient (Wildman–Crippen LogP) is 1.97. The van der Waals surface area contributed by atoms with Gasteiger partial charge in [-0.15, -0.1) is 0 Å². The van der Waals surface area contributed by atoms with Crippen LogP contribution < -0.4 is 4.74 Å². The zero-order valence-electron chi connectivity index (χ0n) is 8.11. The lowest BCUT2D eigenvalue weighted by atomic mass is 10.1. The van der Waals surface area contributed by atoms with Crippen LogP contribution in [0.5, 0.6) is 5.75 Å². The maximum absolute atomic E-state index is 10.4. The molecule has 4 nitrogen and oxygen atoms in total. The third-order valence-corrected chi connectivity index (χ3v) is 2.62. The van der Waals surface area contributed by atoms with Crippen LogP contribution in [0.3, 0.4) is 0 Å². The highest BCUT2D eigenvalue weighted by Crippen LogP contribution is 2.29. The number of halogens is 1. The van der Waals surface area contributed by atoms with Crippen LogP contribution in [0.4, 0.5) is 0 Å². The lowest BCUT2D eigenvalue weighted by molar-refractivity contribution is -0.139. The molecule has 0 unspecified atom stereocenters. The summed E-state index contributed by atoms with van der Waals surface area (Å²) in [5.41, 5.74) is 0.540. The molecule has 0 fully saturated rings.